The minimum absolute atomic E-state index is 0.135. The summed E-state index contributed by atoms with van der Waals surface area (Å²) in [5, 5.41) is 0. The molecule has 3 heteroatoms. The van der Waals surface area contributed by atoms with Crippen molar-refractivity contribution >= 4 is 11.4 Å². The average molecular weight is 250 g/mol. The van der Waals surface area contributed by atoms with Crippen LogP contribution in [0.1, 0.15) is 34.6 Å². The summed E-state index contributed by atoms with van der Waals surface area (Å²) >= 11 is 0. The van der Waals surface area contributed by atoms with Crippen LogP contribution >= 0.6 is 0 Å². The van der Waals surface area contributed by atoms with Gasteiger partial charge in [-0.3, -0.25) is 0 Å². The van der Waals surface area contributed by atoms with Crippen LogP contribution in [-0.4, -0.2) is 19.2 Å². The Morgan fingerprint density at radius 3 is 2.22 bits per heavy atom. The number of hydrogen-bond acceptors (Lipinski definition) is 3. The smallest absolute Gasteiger partial charge is 0.144 e. The molecule has 0 heterocycles. The fourth-order valence-electron chi connectivity index (χ4n) is 1.78. The lowest BCUT2D eigenvalue weighted by atomic mass is 10.0. The van der Waals surface area contributed by atoms with Gasteiger partial charge in [0, 0.05) is 24.8 Å². The van der Waals surface area contributed by atoms with Crippen LogP contribution in [0.5, 0.6) is 5.75 Å². The fraction of sp³-hybridized carbons (Fsp3) is 0.600. The first-order chi connectivity index (χ1) is 8.32. The summed E-state index contributed by atoms with van der Waals surface area (Å²) in [6.45, 7) is 10.7. The maximum Gasteiger partial charge on any atom is 0.144 e. The van der Waals surface area contributed by atoms with Gasteiger partial charge in [-0.25, -0.2) is 0 Å². The van der Waals surface area contributed by atoms with Gasteiger partial charge in [0.2, 0.25) is 0 Å². The summed E-state index contributed by atoms with van der Waals surface area (Å²) < 4.78 is 5.72. The Morgan fingerprint density at radius 1 is 1.11 bits per heavy atom. The van der Waals surface area contributed by atoms with Gasteiger partial charge in [-0.05, 0) is 38.8 Å². The number of hydrogen-bond donors (Lipinski definition) is 1. The molecule has 0 bridgehead atoms. The first-order valence-corrected chi connectivity index (χ1v) is 6.62. The number of nitrogens with zero attached hydrogens (tertiary/aromatic N) is 1. The van der Waals surface area contributed by atoms with E-state index < -0.39 is 0 Å². The lowest BCUT2D eigenvalue weighted by Gasteiger charge is -2.30. The minimum atomic E-state index is 0.135. The minimum Gasteiger partial charge on any atom is -0.489 e. The highest BCUT2D eigenvalue weighted by Crippen LogP contribution is 2.29. The normalized spacial score (nSPS) is 12.9. The number of rotatable bonds is 5. The predicted octanol–water partition coefficient (Wildman–Crippen LogP) is 3.54. The Bertz CT molecular complexity index is 388. The summed E-state index contributed by atoms with van der Waals surface area (Å²) in [4.78, 5) is 2.26. The first-order valence-electron chi connectivity index (χ1n) is 6.62. The summed E-state index contributed by atoms with van der Waals surface area (Å²) in [6, 6.07) is 6.45. The number of ether oxygens (including phenoxy) is 1. The Kier molecular flexibility index (Phi) is 4.88. The van der Waals surface area contributed by atoms with Crippen LogP contribution in [0.15, 0.2) is 18.2 Å². The molecule has 0 saturated heterocycles. The number of nitrogen functional groups attached to an aromatic ring is 1. The molecule has 1 atom stereocenters. The highest BCUT2D eigenvalue weighted by Gasteiger charge is 2.15. The van der Waals surface area contributed by atoms with Gasteiger partial charge in [-0.1, -0.05) is 13.8 Å². The molecular formula is C15H26N2O. The molecule has 1 unspecified atom stereocenters. The first kappa shape index (κ1) is 14.7. The summed E-state index contributed by atoms with van der Waals surface area (Å²) in [5.74, 6) is 1.37. The van der Waals surface area contributed by atoms with E-state index in [1.54, 1.807) is 0 Å². The second-order valence-electron chi connectivity index (χ2n) is 5.48. The second-order valence-corrected chi connectivity index (χ2v) is 5.48. The largest absolute Gasteiger partial charge is 0.489 e. The van der Waals surface area contributed by atoms with Gasteiger partial charge < -0.3 is 15.4 Å². The van der Waals surface area contributed by atoms with E-state index >= 15 is 0 Å². The fourth-order valence-corrected chi connectivity index (χ4v) is 1.78. The topological polar surface area (TPSA) is 38.5 Å². The third-order valence-electron chi connectivity index (χ3n) is 3.34. The molecule has 0 fully saturated rings. The molecule has 0 aliphatic rings. The highest BCUT2D eigenvalue weighted by atomic mass is 16.5. The van der Waals surface area contributed by atoms with Gasteiger partial charge in [0.15, 0.2) is 0 Å². The molecule has 102 valence electrons. The SMILES string of the molecule is CC(C)Oc1cc(N(C)C(C)C(C)C)ccc1N. The van der Waals surface area contributed by atoms with Crippen LogP contribution < -0.4 is 15.4 Å². The maximum atomic E-state index is 5.93. The molecule has 1 aromatic carbocycles. The predicted molar refractivity (Wildman–Crippen MR) is 79.3 cm³/mol. The van der Waals surface area contributed by atoms with E-state index in [0.29, 0.717) is 17.6 Å². The molecule has 3 nitrogen and oxygen atoms in total. The van der Waals surface area contributed by atoms with Gasteiger partial charge in [0.05, 0.1) is 11.8 Å². The Labute approximate surface area is 111 Å². The lowest BCUT2D eigenvalue weighted by molar-refractivity contribution is 0.244. The highest BCUT2D eigenvalue weighted by molar-refractivity contribution is 5.62. The van der Waals surface area contributed by atoms with Crippen molar-refractivity contribution in [2.75, 3.05) is 17.7 Å². The maximum absolute atomic E-state index is 5.93. The zero-order valence-electron chi connectivity index (χ0n) is 12.4. The van der Waals surface area contributed by atoms with Crippen molar-refractivity contribution in [2.24, 2.45) is 5.92 Å². The van der Waals surface area contributed by atoms with Crippen LogP contribution in [0.2, 0.25) is 0 Å². The van der Waals surface area contributed by atoms with Crippen molar-refractivity contribution in [3.8, 4) is 5.75 Å². The molecule has 18 heavy (non-hydrogen) atoms. The van der Waals surface area contributed by atoms with E-state index in [0.717, 1.165) is 11.4 Å². The van der Waals surface area contributed by atoms with E-state index in [9.17, 15) is 0 Å². The van der Waals surface area contributed by atoms with E-state index in [1.807, 2.05) is 32.0 Å². The van der Waals surface area contributed by atoms with Crippen molar-refractivity contribution < 1.29 is 4.74 Å². The zero-order valence-corrected chi connectivity index (χ0v) is 12.4. The van der Waals surface area contributed by atoms with Crippen molar-refractivity contribution in [1.82, 2.24) is 0 Å². The third kappa shape index (κ3) is 3.56. The van der Waals surface area contributed by atoms with Crippen LogP contribution in [-0.2, 0) is 0 Å². The molecule has 0 aliphatic carbocycles. The molecule has 0 saturated carbocycles. The monoisotopic (exact) mass is 250 g/mol. The summed E-state index contributed by atoms with van der Waals surface area (Å²) in [5.41, 5.74) is 7.76. The van der Waals surface area contributed by atoms with Crippen LogP contribution in [0.4, 0.5) is 11.4 Å². The number of benzene rings is 1. The summed E-state index contributed by atoms with van der Waals surface area (Å²) in [6.07, 6.45) is 0.135. The third-order valence-corrected chi connectivity index (χ3v) is 3.34. The molecule has 0 amide bonds. The Morgan fingerprint density at radius 2 is 1.72 bits per heavy atom. The van der Waals surface area contributed by atoms with Crippen LogP contribution in [0.3, 0.4) is 0 Å². The molecule has 0 aliphatic heterocycles. The van der Waals surface area contributed by atoms with E-state index in [4.69, 9.17) is 10.5 Å². The van der Waals surface area contributed by atoms with Crippen LogP contribution in [0, 0.1) is 5.92 Å². The Hall–Kier alpha value is -1.38. The van der Waals surface area contributed by atoms with E-state index in [2.05, 4.69) is 32.7 Å². The van der Waals surface area contributed by atoms with Crippen molar-refractivity contribution in [3.05, 3.63) is 18.2 Å². The molecule has 1 aromatic rings. The molecule has 1 rings (SSSR count). The quantitative estimate of drug-likeness (QED) is 0.812. The van der Waals surface area contributed by atoms with Gasteiger partial charge in [-0.2, -0.15) is 0 Å². The van der Waals surface area contributed by atoms with Gasteiger partial charge >= 0.3 is 0 Å². The van der Waals surface area contributed by atoms with Crippen molar-refractivity contribution in [2.45, 2.75) is 46.8 Å². The van der Waals surface area contributed by atoms with Gasteiger partial charge in [-0.15, -0.1) is 0 Å². The number of nitrogens with two attached hydrogens (primary N) is 1. The molecule has 2 N–H and O–H groups in total. The number of anilines is 2. The zero-order chi connectivity index (χ0) is 13.9. The summed E-state index contributed by atoms with van der Waals surface area (Å²) in [7, 11) is 2.11. The molecule has 0 radical (unpaired) electrons. The van der Waals surface area contributed by atoms with Crippen molar-refractivity contribution in [3.63, 3.8) is 0 Å². The van der Waals surface area contributed by atoms with E-state index in [1.165, 1.54) is 0 Å². The second kappa shape index (κ2) is 5.98. The standard InChI is InChI=1S/C15H26N2O/c1-10(2)12(5)17(6)13-7-8-14(16)15(9-13)18-11(3)4/h7-12H,16H2,1-6H3. The lowest BCUT2D eigenvalue weighted by Crippen LogP contribution is -2.33. The Balaban J connectivity index is 2.97. The molecule has 0 spiro atoms. The molecule has 0 aromatic heterocycles. The van der Waals surface area contributed by atoms with Crippen molar-refractivity contribution in [1.29, 1.82) is 0 Å². The van der Waals surface area contributed by atoms with E-state index in [-0.39, 0.29) is 6.10 Å². The van der Waals surface area contributed by atoms with Gasteiger partial charge in [0.25, 0.3) is 0 Å². The average Bonchev–Trinajstić information content (AvgIpc) is 2.29. The molecular weight excluding hydrogens is 224 g/mol. The van der Waals surface area contributed by atoms with Crippen LogP contribution in [0.25, 0.3) is 0 Å². The van der Waals surface area contributed by atoms with Gasteiger partial charge in [0.1, 0.15) is 5.75 Å².